The van der Waals surface area contributed by atoms with Gasteiger partial charge in [-0.1, -0.05) is 18.9 Å². The summed E-state index contributed by atoms with van der Waals surface area (Å²) in [5.74, 6) is -2.90. The van der Waals surface area contributed by atoms with Crippen molar-refractivity contribution in [2.24, 2.45) is 0 Å². The van der Waals surface area contributed by atoms with Crippen molar-refractivity contribution < 1.29 is 22.0 Å². The van der Waals surface area contributed by atoms with Crippen LogP contribution in [0.5, 0.6) is 0 Å². The third-order valence-electron chi connectivity index (χ3n) is 3.33. The van der Waals surface area contributed by atoms with E-state index >= 15 is 0 Å². The Morgan fingerprint density at radius 3 is 2.33 bits per heavy atom. The third kappa shape index (κ3) is 3.98. The lowest BCUT2D eigenvalue weighted by atomic mass is 10.2. The molecule has 0 aliphatic heterocycles. The molecule has 2 N–H and O–H groups in total. The van der Waals surface area contributed by atoms with Gasteiger partial charge in [-0.25, -0.2) is 21.9 Å². The van der Waals surface area contributed by atoms with E-state index in [1.807, 2.05) is 4.72 Å². The number of rotatable bonds is 5. The maximum atomic E-state index is 13.4. The Hall–Kier alpha value is -1.54. The van der Waals surface area contributed by atoms with Crippen LogP contribution >= 0.6 is 0 Å². The summed E-state index contributed by atoms with van der Waals surface area (Å²) >= 11 is 0. The molecule has 0 radical (unpaired) electrons. The van der Waals surface area contributed by atoms with Crippen molar-refractivity contribution in [1.29, 1.82) is 0 Å². The van der Waals surface area contributed by atoms with Gasteiger partial charge in [0.2, 0.25) is 15.9 Å². The molecular weight excluding hydrogens is 302 g/mol. The first kappa shape index (κ1) is 15.8. The van der Waals surface area contributed by atoms with Crippen LogP contribution in [-0.2, 0) is 14.8 Å². The number of benzene rings is 1. The van der Waals surface area contributed by atoms with Crippen LogP contribution in [0.25, 0.3) is 0 Å². The van der Waals surface area contributed by atoms with E-state index in [0.717, 1.165) is 43.9 Å². The van der Waals surface area contributed by atoms with Gasteiger partial charge in [0.25, 0.3) is 0 Å². The van der Waals surface area contributed by atoms with Gasteiger partial charge < -0.3 is 5.32 Å². The summed E-state index contributed by atoms with van der Waals surface area (Å²) in [4.78, 5) is 10.6. The molecule has 5 nitrogen and oxygen atoms in total. The maximum Gasteiger partial charge on any atom is 0.246 e. The molecule has 0 heterocycles. The Kier molecular flexibility index (Phi) is 4.89. The SMILES string of the molecule is O=C(CNS(=O)(=O)c1c(F)cccc1F)NC1CCCC1. The number of nitrogens with one attached hydrogen (secondary N) is 2. The Labute approximate surface area is 121 Å². The fraction of sp³-hybridized carbons (Fsp3) is 0.462. The summed E-state index contributed by atoms with van der Waals surface area (Å²) in [7, 11) is -4.41. The highest BCUT2D eigenvalue weighted by Gasteiger charge is 2.25. The molecule has 8 heteroatoms. The smallest absolute Gasteiger partial charge is 0.246 e. The molecule has 1 aliphatic carbocycles. The Balaban J connectivity index is 1.99. The lowest BCUT2D eigenvalue weighted by molar-refractivity contribution is -0.120. The molecule has 0 bridgehead atoms. The van der Waals surface area contributed by atoms with Gasteiger partial charge in [0.05, 0.1) is 6.54 Å². The minimum absolute atomic E-state index is 0.0483. The van der Waals surface area contributed by atoms with Gasteiger partial charge in [-0.3, -0.25) is 4.79 Å². The molecule has 0 spiro atoms. The van der Waals surface area contributed by atoms with E-state index < -0.39 is 39.0 Å². The zero-order valence-electron chi connectivity index (χ0n) is 11.2. The van der Waals surface area contributed by atoms with Crippen molar-refractivity contribution in [3.05, 3.63) is 29.8 Å². The molecule has 1 saturated carbocycles. The average Bonchev–Trinajstić information content (AvgIpc) is 2.89. The van der Waals surface area contributed by atoms with Crippen LogP contribution < -0.4 is 10.0 Å². The Bertz CT molecular complexity index is 608. The molecule has 1 amide bonds. The molecule has 1 aliphatic rings. The van der Waals surface area contributed by atoms with E-state index in [1.54, 1.807) is 0 Å². The van der Waals surface area contributed by atoms with Crippen molar-refractivity contribution in [3.8, 4) is 0 Å². The Morgan fingerprint density at radius 2 is 1.76 bits per heavy atom. The monoisotopic (exact) mass is 318 g/mol. The predicted molar refractivity (Wildman–Crippen MR) is 71.9 cm³/mol. The molecule has 21 heavy (non-hydrogen) atoms. The lowest BCUT2D eigenvalue weighted by Crippen LogP contribution is -2.41. The van der Waals surface area contributed by atoms with Gasteiger partial charge in [-0.2, -0.15) is 0 Å². The van der Waals surface area contributed by atoms with Gasteiger partial charge in [-0.15, -0.1) is 0 Å². The van der Waals surface area contributed by atoms with Crippen molar-refractivity contribution >= 4 is 15.9 Å². The number of hydrogen-bond donors (Lipinski definition) is 2. The first-order chi connectivity index (χ1) is 9.90. The summed E-state index contributed by atoms with van der Waals surface area (Å²) in [6.07, 6.45) is 3.77. The highest BCUT2D eigenvalue weighted by Crippen LogP contribution is 2.18. The summed E-state index contributed by atoms with van der Waals surface area (Å²) < 4.78 is 52.5. The predicted octanol–water partition coefficient (Wildman–Crippen LogP) is 1.30. The van der Waals surface area contributed by atoms with E-state index in [-0.39, 0.29) is 6.04 Å². The van der Waals surface area contributed by atoms with Crippen LogP contribution in [-0.4, -0.2) is 26.9 Å². The van der Waals surface area contributed by atoms with Crippen LogP contribution in [0.4, 0.5) is 8.78 Å². The topological polar surface area (TPSA) is 75.3 Å². The second-order valence-electron chi connectivity index (χ2n) is 4.92. The zero-order chi connectivity index (χ0) is 15.5. The number of carbonyl (C=O) groups is 1. The standard InChI is InChI=1S/C13H16F2N2O3S/c14-10-6-3-7-11(15)13(10)21(19,20)16-8-12(18)17-9-4-1-2-5-9/h3,6-7,9,16H,1-2,4-5,8H2,(H,17,18). The molecule has 0 aromatic heterocycles. The summed E-state index contributed by atoms with van der Waals surface area (Å²) in [5, 5.41) is 2.68. The Morgan fingerprint density at radius 1 is 1.19 bits per heavy atom. The van der Waals surface area contributed by atoms with Gasteiger partial charge in [0.15, 0.2) is 4.90 Å². The largest absolute Gasteiger partial charge is 0.352 e. The fourth-order valence-corrected chi connectivity index (χ4v) is 3.44. The molecule has 116 valence electrons. The maximum absolute atomic E-state index is 13.4. The second kappa shape index (κ2) is 6.48. The van der Waals surface area contributed by atoms with Crippen LogP contribution in [0.2, 0.25) is 0 Å². The number of carbonyl (C=O) groups excluding carboxylic acids is 1. The second-order valence-corrected chi connectivity index (χ2v) is 6.63. The van der Waals surface area contributed by atoms with Gasteiger partial charge in [0, 0.05) is 6.04 Å². The summed E-state index contributed by atoms with van der Waals surface area (Å²) in [6.45, 7) is -0.549. The quantitative estimate of drug-likeness (QED) is 0.859. The molecule has 0 atom stereocenters. The average molecular weight is 318 g/mol. The van der Waals surface area contributed by atoms with Gasteiger partial charge in [-0.05, 0) is 25.0 Å². The zero-order valence-corrected chi connectivity index (χ0v) is 12.1. The van der Waals surface area contributed by atoms with E-state index in [9.17, 15) is 22.0 Å². The lowest BCUT2D eigenvalue weighted by Gasteiger charge is -2.13. The molecule has 0 unspecified atom stereocenters. The fourth-order valence-electron chi connectivity index (χ4n) is 2.32. The van der Waals surface area contributed by atoms with Crippen LogP contribution in [0.3, 0.4) is 0 Å². The van der Waals surface area contributed by atoms with Crippen molar-refractivity contribution in [3.63, 3.8) is 0 Å². The minimum Gasteiger partial charge on any atom is -0.352 e. The number of amides is 1. The van der Waals surface area contributed by atoms with Crippen LogP contribution in [0.1, 0.15) is 25.7 Å². The normalized spacial score (nSPS) is 16.1. The van der Waals surface area contributed by atoms with E-state index in [2.05, 4.69) is 5.32 Å². The number of hydrogen-bond acceptors (Lipinski definition) is 3. The molecular formula is C13H16F2N2O3S. The van der Waals surface area contributed by atoms with Crippen LogP contribution in [0.15, 0.2) is 23.1 Å². The number of sulfonamides is 1. The highest BCUT2D eigenvalue weighted by atomic mass is 32.2. The first-order valence-corrected chi connectivity index (χ1v) is 8.11. The van der Waals surface area contributed by atoms with Crippen LogP contribution in [0, 0.1) is 11.6 Å². The van der Waals surface area contributed by atoms with E-state index in [0.29, 0.717) is 0 Å². The van der Waals surface area contributed by atoms with Gasteiger partial charge in [0.1, 0.15) is 11.6 Å². The highest BCUT2D eigenvalue weighted by molar-refractivity contribution is 7.89. The molecule has 1 aromatic carbocycles. The van der Waals surface area contributed by atoms with Crippen molar-refractivity contribution in [2.45, 2.75) is 36.6 Å². The first-order valence-electron chi connectivity index (χ1n) is 6.63. The summed E-state index contributed by atoms with van der Waals surface area (Å²) in [6, 6.07) is 2.80. The minimum atomic E-state index is -4.41. The summed E-state index contributed by atoms with van der Waals surface area (Å²) in [5.41, 5.74) is 0. The van der Waals surface area contributed by atoms with Gasteiger partial charge >= 0.3 is 0 Å². The van der Waals surface area contributed by atoms with Crippen molar-refractivity contribution in [2.75, 3.05) is 6.54 Å². The van der Waals surface area contributed by atoms with Crippen molar-refractivity contribution in [1.82, 2.24) is 10.0 Å². The van der Waals surface area contributed by atoms with E-state index in [1.165, 1.54) is 0 Å². The molecule has 1 aromatic rings. The molecule has 2 rings (SSSR count). The molecule has 0 saturated heterocycles. The molecule has 1 fully saturated rings. The third-order valence-corrected chi connectivity index (χ3v) is 4.78. The van der Waals surface area contributed by atoms with E-state index in [4.69, 9.17) is 0 Å². The number of halogens is 2.